The van der Waals surface area contributed by atoms with Crippen LogP contribution in [0.4, 0.5) is 14.0 Å². The number of rotatable bonds is 3. The smallest absolute Gasteiger partial charge is 0.429 e. The predicted octanol–water partition coefficient (Wildman–Crippen LogP) is 3.73. The highest BCUT2D eigenvalue weighted by Gasteiger charge is 2.56. The first-order chi connectivity index (χ1) is 14.8. The number of hydrogen-bond donors (Lipinski definition) is 2. The van der Waals surface area contributed by atoms with Crippen molar-refractivity contribution in [2.75, 3.05) is 13.2 Å². The Morgan fingerprint density at radius 2 is 2.00 bits per heavy atom. The Kier molecular flexibility index (Phi) is 5.34. The summed E-state index contributed by atoms with van der Waals surface area (Å²) in [5.74, 6) is -0.461. The molecule has 0 bridgehead atoms. The van der Waals surface area contributed by atoms with Gasteiger partial charge in [-0.15, -0.1) is 0 Å². The summed E-state index contributed by atoms with van der Waals surface area (Å²) < 4.78 is 25.4. The molecule has 2 aliphatic rings. The van der Waals surface area contributed by atoms with Crippen molar-refractivity contribution in [2.24, 2.45) is 17.6 Å². The molecule has 9 heteroatoms. The second-order valence-corrected chi connectivity index (χ2v) is 8.14. The molecule has 3 amide bonds. The summed E-state index contributed by atoms with van der Waals surface area (Å²) in [6.45, 7) is 4.08. The second kappa shape index (κ2) is 7.98. The number of fused-ring (bicyclic) bond motifs is 3. The van der Waals surface area contributed by atoms with Crippen molar-refractivity contribution in [3.05, 3.63) is 59.4 Å². The van der Waals surface area contributed by atoms with Crippen LogP contribution in [0.1, 0.15) is 37.1 Å². The number of nitrogens with two attached hydrogens (primary N) is 1. The number of carbonyl (C=O) groups is 2. The summed E-state index contributed by atoms with van der Waals surface area (Å²) in [5, 5.41) is 12.3. The number of phenolic OH excluding ortho intramolecular Hbond substituents is 1. The van der Waals surface area contributed by atoms with E-state index in [0.29, 0.717) is 16.9 Å². The van der Waals surface area contributed by atoms with Crippen LogP contribution in [-0.2, 0) is 4.74 Å². The zero-order valence-corrected chi connectivity index (χ0v) is 17.2. The molecule has 164 valence electrons. The lowest BCUT2D eigenvalue weighted by atomic mass is 9.84. The average Bonchev–Trinajstić information content (AvgIpc) is 3.08. The number of aromatic hydroxyl groups is 1. The molecular formula is C22H24FN3O5. The monoisotopic (exact) mass is 429 g/mol. The van der Waals surface area contributed by atoms with Gasteiger partial charge in [0, 0.05) is 11.5 Å². The van der Waals surface area contributed by atoms with Gasteiger partial charge in [0.2, 0.25) is 0 Å². The van der Waals surface area contributed by atoms with Crippen molar-refractivity contribution in [1.82, 2.24) is 10.0 Å². The molecule has 3 N–H and O–H groups in total. The highest BCUT2D eigenvalue weighted by molar-refractivity contribution is 5.79. The lowest BCUT2D eigenvalue weighted by molar-refractivity contribution is 0.00143. The summed E-state index contributed by atoms with van der Waals surface area (Å²) in [6.07, 6.45) is -0.756. The number of hydrogen-bond acceptors (Lipinski definition) is 5. The Labute approximate surface area is 178 Å². The summed E-state index contributed by atoms with van der Waals surface area (Å²) in [6, 6.07) is 8.09. The molecule has 1 fully saturated rings. The maximum atomic E-state index is 14.1. The Morgan fingerprint density at radius 1 is 1.23 bits per heavy atom. The number of ether oxygens (including phenoxy) is 2. The molecule has 1 saturated heterocycles. The third-order valence-electron chi connectivity index (χ3n) is 5.46. The van der Waals surface area contributed by atoms with Gasteiger partial charge >= 0.3 is 12.1 Å². The number of nitrogens with zero attached hydrogens (tertiary/aromatic N) is 2. The van der Waals surface area contributed by atoms with Gasteiger partial charge in [-0.3, -0.25) is 0 Å². The van der Waals surface area contributed by atoms with Gasteiger partial charge in [-0.05, 0) is 41.8 Å². The zero-order valence-electron chi connectivity index (χ0n) is 17.2. The number of primary amides is 1. The molecule has 2 aromatic rings. The summed E-state index contributed by atoms with van der Waals surface area (Å²) >= 11 is 0. The largest absolute Gasteiger partial charge is 0.508 e. The van der Waals surface area contributed by atoms with E-state index in [1.54, 1.807) is 12.1 Å². The number of halogens is 1. The third-order valence-corrected chi connectivity index (χ3v) is 5.46. The molecule has 2 aromatic carbocycles. The number of hydrazine groups is 1. The number of benzene rings is 2. The van der Waals surface area contributed by atoms with Crippen molar-refractivity contribution < 1.29 is 28.6 Å². The quantitative estimate of drug-likeness (QED) is 0.774. The van der Waals surface area contributed by atoms with E-state index in [1.165, 1.54) is 30.3 Å². The molecular weight excluding hydrogens is 405 g/mol. The molecule has 3 atom stereocenters. The maximum absolute atomic E-state index is 14.1. The number of amides is 3. The Balaban J connectivity index is 1.85. The molecule has 2 heterocycles. The van der Waals surface area contributed by atoms with E-state index < -0.39 is 35.9 Å². The highest BCUT2D eigenvalue weighted by Crippen LogP contribution is 2.53. The van der Waals surface area contributed by atoms with Crippen LogP contribution in [0.2, 0.25) is 0 Å². The van der Waals surface area contributed by atoms with Gasteiger partial charge in [-0.25, -0.2) is 24.0 Å². The minimum atomic E-state index is -0.878. The third kappa shape index (κ3) is 3.71. The first kappa shape index (κ1) is 20.8. The van der Waals surface area contributed by atoms with E-state index in [4.69, 9.17) is 15.2 Å². The summed E-state index contributed by atoms with van der Waals surface area (Å²) in [7, 11) is 0. The molecule has 0 saturated carbocycles. The van der Waals surface area contributed by atoms with E-state index in [1.807, 2.05) is 13.8 Å². The van der Waals surface area contributed by atoms with Gasteiger partial charge in [0.25, 0.3) is 0 Å². The van der Waals surface area contributed by atoms with Crippen molar-refractivity contribution >= 4 is 12.1 Å². The Morgan fingerprint density at radius 3 is 2.68 bits per heavy atom. The number of urea groups is 1. The highest BCUT2D eigenvalue weighted by atomic mass is 19.1. The van der Waals surface area contributed by atoms with Crippen molar-refractivity contribution in [2.45, 2.75) is 25.9 Å². The van der Waals surface area contributed by atoms with Crippen LogP contribution in [0.15, 0.2) is 42.5 Å². The van der Waals surface area contributed by atoms with Crippen molar-refractivity contribution in [3.63, 3.8) is 0 Å². The molecule has 31 heavy (non-hydrogen) atoms. The molecule has 0 spiro atoms. The molecule has 1 unspecified atom stereocenters. The lowest BCUT2D eigenvalue weighted by Gasteiger charge is -2.33. The van der Waals surface area contributed by atoms with E-state index in [0.717, 1.165) is 10.0 Å². The van der Waals surface area contributed by atoms with Gasteiger partial charge < -0.3 is 20.3 Å². The fraction of sp³-hybridized carbons (Fsp3) is 0.364. The maximum Gasteiger partial charge on any atom is 0.429 e. The van der Waals surface area contributed by atoms with Crippen LogP contribution >= 0.6 is 0 Å². The molecule has 0 radical (unpaired) electrons. The van der Waals surface area contributed by atoms with Crippen LogP contribution in [0.3, 0.4) is 0 Å². The van der Waals surface area contributed by atoms with E-state index >= 15 is 0 Å². The van der Waals surface area contributed by atoms with Crippen LogP contribution in [0.5, 0.6) is 11.5 Å². The van der Waals surface area contributed by atoms with Gasteiger partial charge in [0.15, 0.2) is 0 Å². The average molecular weight is 429 g/mol. The van der Waals surface area contributed by atoms with Gasteiger partial charge in [0.05, 0.1) is 25.3 Å². The van der Waals surface area contributed by atoms with Crippen LogP contribution < -0.4 is 10.5 Å². The first-order valence-corrected chi connectivity index (χ1v) is 10.0. The van der Waals surface area contributed by atoms with Crippen LogP contribution in [0.25, 0.3) is 0 Å². The molecule has 2 aliphatic heterocycles. The van der Waals surface area contributed by atoms with E-state index in [-0.39, 0.29) is 24.9 Å². The van der Waals surface area contributed by atoms with Crippen LogP contribution in [-0.4, -0.2) is 40.5 Å². The molecule has 0 aromatic heterocycles. The van der Waals surface area contributed by atoms with E-state index in [2.05, 4.69) is 0 Å². The second-order valence-electron chi connectivity index (χ2n) is 8.14. The molecule has 8 nitrogen and oxygen atoms in total. The zero-order chi connectivity index (χ0) is 22.3. The van der Waals surface area contributed by atoms with Crippen molar-refractivity contribution in [1.29, 1.82) is 0 Å². The lowest BCUT2D eigenvalue weighted by Crippen LogP contribution is -2.49. The predicted molar refractivity (Wildman–Crippen MR) is 108 cm³/mol. The van der Waals surface area contributed by atoms with Gasteiger partial charge in [0.1, 0.15) is 17.3 Å². The molecule has 4 rings (SSSR count). The first-order valence-electron chi connectivity index (χ1n) is 10.0. The SMILES string of the molecule is CC(C)COC(=O)N1[C@H](c2cccc(O)c2)[C@H]2COc3ccc(F)cc3C2N1C(N)=O. The van der Waals surface area contributed by atoms with E-state index in [9.17, 15) is 19.1 Å². The fourth-order valence-electron chi connectivity index (χ4n) is 4.26. The normalized spacial score (nSPS) is 22.0. The van der Waals surface area contributed by atoms with Crippen LogP contribution in [0, 0.1) is 17.7 Å². The van der Waals surface area contributed by atoms with Gasteiger partial charge in [-0.2, -0.15) is 0 Å². The summed E-state index contributed by atoms with van der Waals surface area (Å²) in [4.78, 5) is 25.7. The molecule has 0 aliphatic carbocycles. The Hall–Kier alpha value is -3.49. The Bertz CT molecular complexity index is 1010. The summed E-state index contributed by atoms with van der Waals surface area (Å²) in [5.41, 5.74) is 6.70. The van der Waals surface area contributed by atoms with Crippen molar-refractivity contribution in [3.8, 4) is 11.5 Å². The number of carbonyl (C=O) groups excluding carboxylic acids is 2. The standard InChI is InChI=1S/C22H24FN3O5/c1-12(2)10-31-22(29)26-19(13-4-3-5-15(27)8-13)17-11-30-18-7-6-14(23)9-16(18)20(17)25(26)21(24)28/h3-9,12,17,19-20,27H,10-11H2,1-2H3,(H2,24,28)/t17-,19-,20?/m1/s1. The van der Waals surface area contributed by atoms with Gasteiger partial charge in [-0.1, -0.05) is 26.0 Å². The minimum Gasteiger partial charge on any atom is -0.508 e. The topological polar surface area (TPSA) is 105 Å². The fourth-order valence-corrected chi connectivity index (χ4v) is 4.26. The number of phenols is 1. The minimum absolute atomic E-state index is 0.00486.